The fourth-order valence-electron chi connectivity index (χ4n) is 4.40. The molecule has 1 N–H and O–H groups in total. The molecule has 0 unspecified atom stereocenters. The fraction of sp³-hybridized carbons (Fsp3) is 0.545. The molecule has 1 aliphatic carbocycles. The van der Waals surface area contributed by atoms with Gasteiger partial charge in [0.25, 0.3) is 0 Å². The Kier molecular flexibility index (Phi) is 5.02. The van der Waals surface area contributed by atoms with Gasteiger partial charge in [-0.3, -0.25) is 9.59 Å². The van der Waals surface area contributed by atoms with E-state index in [1.54, 1.807) is 7.11 Å². The smallest absolute Gasteiger partial charge is 0.237 e. The van der Waals surface area contributed by atoms with Crippen molar-refractivity contribution in [3.8, 4) is 0 Å². The number of nitrogens with zero attached hydrogens (tertiary/aromatic N) is 1. The van der Waals surface area contributed by atoms with Crippen molar-refractivity contribution < 1.29 is 19.1 Å². The summed E-state index contributed by atoms with van der Waals surface area (Å²) in [5, 5.41) is 1.07. The van der Waals surface area contributed by atoms with Gasteiger partial charge in [-0.05, 0) is 56.4 Å². The molecular weight excluding hydrogens is 356 g/mol. The zero-order chi connectivity index (χ0) is 19.9. The van der Waals surface area contributed by atoms with Crippen LogP contribution < -0.4 is 4.90 Å². The summed E-state index contributed by atoms with van der Waals surface area (Å²) in [6.07, 6.45) is 3.46. The van der Waals surface area contributed by atoms with Crippen molar-refractivity contribution in [3.63, 3.8) is 0 Å². The molecule has 1 aliphatic heterocycles. The molecule has 150 valence electrons. The normalized spacial score (nSPS) is 18.5. The lowest BCUT2D eigenvalue weighted by atomic mass is 9.85. The quantitative estimate of drug-likeness (QED) is 0.612. The van der Waals surface area contributed by atoms with Crippen molar-refractivity contribution in [2.45, 2.75) is 44.9 Å². The Hall–Kier alpha value is -2.18. The van der Waals surface area contributed by atoms with Crippen molar-refractivity contribution in [1.29, 1.82) is 0 Å². The average Bonchev–Trinajstić information content (AvgIpc) is 3.03. The van der Waals surface area contributed by atoms with Crippen LogP contribution in [-0.4, -0.2) is 50.1 Å². The van der Waals surface area contributed by atoms with E-state index in [9.17, 15) is 9.59 Å². The first kappa shape index (κ1) is 19.2. The number of rotatable bonds is 6. The molecule has 1 amide bonds. The minimum Gasteiger partial charge on any atom is -0.382 e. The van der Waals surface area contributed by atoms with Gasteiger partial charge in [-0.1, -0.05) is 0 Å². The van der Waals surface area contributed by atoms with Gasteiger partial charge in [-0.2, -0.15) is 0 Å². The Labute approximate surface area is 165 Å². The van der Waals surface area contributed by atoms with Gasteiger partial charge < -0.3 is 19.4 Å². The Bertz CT molecular complexity index is 928. The first-order valence-corrected chi connectivity index (χ1v) is 10.1. The molecule has 0 spiro atoms. The maximum atomic E-state index is 13.1. The fourth-order valence-corrected chi connectivity index (χ4v) is 4.40. The van der Waals surface area contributed by atoms with Gasteiger partial charge in [0, 0.05) is 36.7 Å². The van der Waals surface area contributed by atoms with Crippen molar-refractivity contribution >= 4 is 28.3 Å². The van der Waals surface area contributed by atoms with E-state index in [0.717, 1.165) is 52.7 Å². The number of carbonyl (C=O) groups excluding carboxylic acids is 2. The highest BCUT2D eigenvalue weighted by molar-refractivity contribution is 6.11. The first-order chi connectivity index (χ1) is 13.4. The standard InChI is InChI=1S/C22H28N2O4/c1-22(2)16-13-17-15(14-6-4-5-7-19(25)20(14)23-17)12-18(16)24(21(22)26)8-9-28-11-10-27-3/h12-13,23H,4-11H2,1-3H3. The third kappa shape index (κ3) is 3.05. The molecule has 4 rings (SSSR count). The molecule has 0 bridgehead atoms. The number of anilines is 1. The Balaban J connectivity index is 1.72. The predicted octanol–water partition coefficient (Wildman–Crippen LogP) is 3.36. The van der Waals surface area contributed by atoms with E-state index in [1.165, 1.54) is 0 Å². The third-order valence-corrected chi connectivity index (χ3v) is 6.02. The number of ketones is 1. The highest BCUT2D eigenvalue weighted by Crippen LogP contribution is 2.44. The number of carbonyl (C=O) groups is 2. The van der Waals surface area contributed by atoms with Gasteiger partial charge in [-0.25, -0.2) is 0 Å². The summed E-state index contributed by atoms with van der Waals surface area (Å²) in [6, 6.07) is 4.16. The molecular formula is C22H28N2O4. The SMILES string of the molecule is COCCOCCN1C(=O)C(C)(C)c2cc3[nH]c4c(c3cc21)CCCCC4=O. The van der Waals surface area contributed by atoms with E-state index < -0.39 is 5.41 Å². The number of methoxy groups -OCH3 is 1. The minimum absolute atomic E-state index is 0.0904. The number of amides is 1. The summed E-state index contributed by atoms with van der Waals surface area (Å²) in [7, 11) is 1.64. The van der Waals surface area contributed by atoms with Crippen LogP contribution in [0.2, 0.25) is 0 Å². The maximum Gasteiger partial charge on any atom is 0.237 e. The van der Waals surface area contributed by atoms with Gasteiger partial charge in [0.15, 0.2) is 5.78 Å². The van der Waals surface area contributed by atoms with E-state index >= 15 is 0 Å². The van der Waals surface area contributed by atoms with Crippen LogP contribution in [0.5, 0.6) is 0 Å². The molecule has 28 heavy (non-hydrogen) atoms. The average molecular weight is 384 g/mol. The van der Waals surface area contributed by atoms with E-state index in [4.69, 9.17) is 9.47 Å². The lowest BCUT2D eigenvalue weighted by Crippen LogP contribution is -2.38. The number of hydrogen-bond acceptors (Lipinski definition) is 4. The van der Waals surface area contributed by atoms with Crippen molar-refractivity contribution in [1.82, 2.24) is 4.98 Å². The van der Waals surface area contributed by atoms with Crippen LogP contribution in [0.1, 0.15) is 54.7 Å². The van der Waals surface area contributed by atoms with E-state index in [0.29, 0.717) is 32.8 Å². The van der Waals surface area contributed by atoms with Gasteiger partial charge >= 0.3 is 0 Å². The van der Waals surface area contributed by atoms with Gasteiger partial charge in [0.1, 0.15) is 0 Å². The number of nitrogens with one attached hydrogen (secondary N) is 1. The molecule has 0 atom stereocenters. The number of hydrogen-bond donors (Lipinski definition) is 1. The van der Waals surface area contributed by atoms with Gasteiger partial charge in [-0.15, -0.1) is 0 Å². The summed E-state index contributed by atoms with van der Waals surface area (Å²) in [5.41, 5.74) is 4.17. The van der Waals surface area contributed by atoms with E-state index in [-0.39, 0.29) is 11.7 Å². The van der Waals surface area contributed by atoms with Crippen molar-refractivity contribution in [3.05, 3.63) is 29.0 Å². The maximum absolute atomic E-state index is 13.1. The number of ether oxygens (including phenoxy) is 2. The number of aromatic nitrogens is 1. The summed E-state index contributed by atoms with van der Waals surface area (Å²) in [4.78, 5) is 30.7. The molecule has 0 fully saturated rings. The van der Waals surface area contributed by atoms with Crippen molar-refractivity contribution in [2.75, 3.05) is 38.4 Å². The summed E-state index contributed by atoms with van der Waals surface area (Å²) < 4.78 is 10.6. The number of fused-ring (bicyclic) bond motifs is 4. The zero-order valence-electron chi connectivity index (χ0n) is 16.9. The summed E-state index contributed by atoms with van der Waals surface area (Å²) in [6.45, 7) is 5.96. The molecule has 1 aromatic carbocycles. The van der Waals surface area contributed by atoms with E-state index in [1.807, 2.05) is 18.7 Å². The minimum atomic E-state index is -0.595. The first-order valence-electron chi connectivity index (χ1n) is 10.1. The van der Waals surface area contributed by atoms with Crippen LogP contribution in [0.15, 0.2) is 12.1 Å². The monoisotopic (exact) mass is 384 g/mol. The molecule has 1 aromatic heterocycles. The molecule has 2 heterocycles. The van der Waals surface area contributed by atoms with Crippen LogP contribution in [0.25, 0.3) is 10.9 Å². The number of aryl methyl sites for hydroxylation is 1. The molecule has 6 nitrogen and oxygen atoms in total. The summed E-state index contributed by atoms with van der Waals surface area (Å²) in [5.74, 6) is 0.287. The number of aromatic amines is 1. The van der Waals surface area contributed by atoms with Crippen LogP contribution in [-0.2, 0) is 26.1 Å². The predicted molar refractivity (Wildman–Crippen MR) is 108 cm³/mol. The Morgan fingerprint density at radius 2 is 1.89 bits per heavy atom. The second-order valence-corrected chi connectivity index (χ2v) is 8.21. The second kappa shape index (κ2) is 7.33. The van der Waals surface area contributed by atoms with E-state index in [2.05, 4.69) is 17.1 Å². The van der Waals surface area contributed by atoms with Crippen molar-refractivity contribution in [2.24, 2.45) is 0 Å². The molecule has 0 radical (unpaired) electrons. The molecule has 0 saturated carbocycles. The molecule has 2 aliphatic rings. The topological polar surface area (TPSA) is 71.6 Å². The molecule has 0 saturated heterocycles. The van der Waals surface area contributed by atoms with Crippen LogP contribution in [0.4, 0.5) is 5.69 Å². The highest BCUT2D eigenvalue weighted by atomic mass is 16.5. The van der Waals surface area contributed by atoms with Gasteiger partial charge in [0.05, 0.1) is 30.9 Å². The lowest BCUT2D eigenvalue weighted by molar-refractivity contribution is -0.122. The summed E-state index contributed by atoms with van der Waals surface area (Å²) >= 11 is 0. The van der Waals surface area contributed by atoms with Crippen LogP contribution >= 0.6 is 0 Å². The zero-order valence-corrected chi connectivity index (χ0v) is 16.9. The van der Waals surface area contributed by atoms with Crippen LogP contribution in [0, 0.1) is 0 Å². The highest BCUT2D eigenvalue weighted by Gasteiger charge is 2.44. The van der Waals surface area contributed by atoms with Gasteiger partial charge in [0.2, 0.25) is 5.91 Å². The van der Waals surface area contributed by atoms with Crippen LogP contribution in [0.3, 0.4) is 0 Å². The Morgan fingerprint density at radius 3 is 2.68 bits per heavy atom. The largest absolute Gasteiger partial charge is 0.382 e. The lowest BCUT2D eigenvalue weighted by Gasteiger charge is -2.20. The molecule has 2 aromatic rings. The number of H-pyrrole nitrogens is 1. The Morgan fingerprint density at radius 1 is 1.11 bits per heavy atom. The second-order valence-electron chi connectivity index (χ2n) is 8.21. The molecule has 6 heteroatoms. The number of Topliss-reactive ketones (excluding diaryl/α,β-unsaturated/α-hetero) is 1. The third-order valence-electron chi connectivity index (χ3n) is 6.02. The number of benzene rings is 1.